The summed E-state index contributed by atoms with van der Waals surface area (Å²) in [7, 11) is 1.99. The lowest BCUT2D eigenvalue weighted by Crippen LogP contribution is -2.04. The molecule has 0 aromatic carbocycles. The highest BCUT2D eigenvalue weighted by atomic mass is 15.3. The SMILES string of the molecule is CCc1cc(Cn2ccc(CN)c2)n(C)n1. The second kappa shape index (κ2) is 4.53. The zero-order valence-electron chi connectivity index (χ0n) is 9.85. The van der Waals surface area contributed by atoms with Gasteiger partial charge >= 0.3 is 0 Å². The van der Waals surface area contributed by atoms with Crippen LogP contribution in [-0.2, 0) is 26.6 Å². The van der Waals surface area contributed by atoms with Gasteiger partial charge in [-0.3, -0.25) is 4.68 Å². The molecule has 0 spiro atoms. The summed E-state index contributed by atoms with van der Waals surface area (Å²) in [6, 6.07) is 4.21. The van der Waals surface area contributed by atoms with Gasteiger partial charge in [-0.1, -0.05) is 6.92 Å². The Morgan fingerprint density at radius 1 is 1.44 bits per heavy atom. The fourth-order valence-electron chi connectivity index (χ4n) is 1.79. The first-order valence-electron chi connectivity index (χ1n) is 5.59. The fraction of sp³-hybridized carbons (Fsp3) is 0.417. The summed E-state index contributed by atoms with van der Waals surface area (Å²) in [6.45, 7) is 3.57. The van der Waals surface area contributed by atoms with Crippen molar-refractivity contribution in [2.75, 3.05) is 0 Å². The van der Waals surface area contributed by atoms with E-state index in [2.05, 4.69) is 41.1 Å². The smallest absolute Gasteiger partial charge is 0.0639 e. The maximum absolute atomic E-state index is 5.58. The molecule has 4 nitrogen and oxygen atoms in total. The summed E-state index contributed by atoms with van der Waals surface area (Å²) in [6.07, 6.45) is 5.12. The molecule has 0 fully saturated rings. The van der Waals surface area contributed by atoms with Crippen molar-refractivity contribution in [1.29, 1.82) is 0 Å². The number of nitrogens with two attached hydrogens (primary N) is 1. The van der Waals surface area contributed by atoms with Gasteiger partial charge in [0.2, 0.25) is 0 Å². The number of nitrogens with zero attached hydrogens (tertiary/aromatic N) is 3. The molecule has 0 radical (unpaired) electrons. The van der Waals surface area contributed by atoms with E-state index in [-0.39, 0.29) is 0 Å². The van der Waals surface area contributed by atoms with Crippen molar-refractivity contribution in [1.82, 2.24) is 14.3 Å². The highest BCUT2D eigenvalue weighted by Crippen LogP contribution is 2.08. The standard InChI is InChI=1S/C12H18N4/c1-3-11-6-12(15(2)14-11)9-16-5-4-10(7-13)8-16/h4-6,8H,3,7,9,13H2,1-2H3. The summed E-state index contributed by atoms with van der Waals surface area (Å²) >= 11 is 0. The van der Waals surface area contributed by atoms with E-state index in [1.54, 1.807) is 0 Å². The molecule has 0 amide bonds. The van der Waals surface area contributed by atoms with Crippen LogP contribution in [0.2, 0.25) is 0 Å². The van der Waals surface area contributed by atoms with Gasteiger partial charge < -0.3 is 10.3 Å². The Balaban J connectivity index is 2.16. The Kier molecular flexibility index (Phi) is 3.10. The van der Waals surface area contributed by atoms with Gasteiger partial charge in [-0.15, -0.1) is 0 Å². The molecule has 2 heterocycles. The van der Waals surface area contributed by atoms with Gasteiger partial charge in [-0.2, -0.15) is 5.10 Å². The van der Waals surface area contributed by atoms with Crippen molar-refractivity contribution in [3.63, 3.8) is 0 Å². The molecular weight excluding hydrogens is 200 g/mol. The first-order chi connectivity index (χ1) is 7.72. The van der Waals surface area contributed by atoms with Gasteiger partial charge in [0, 0.05) is 26.0 Å². The summed E-state index contributed by atoms with van der Waals surface area (Å²) in [5.41, 5.74) is 9.11. The molecule has 2 rings (SSSR count). The number of hydrogen-bond acceptors (Lipinski definition) is 2. The van der Waals surface area contributed by atoms with E-state index in [4.69, 9.17) is 5.73 Å². The van der Waals surface area contributed by atoms with E-state index in [0.29, 0.717) is 6.54 Å². The van der Waals surface area contributed by atoms with Crippen LogP contribution in [0.15, 0.2) is 24.5 Å². The molecule has 0 unspecified atom stereocenters. The second-order valence-electron chi connectivity index (χ2n) is 4.00. The maximum Gasteiger partial charge on any atom is 0.0639 e. The molecule has 2 aromatic heterocycles. The summed E-state index contributed by atoms with van der Waals surface area (Å²) in [4.78, 5) is 0. The van der Waals surface area contributed by atoms with E-state index in [1.807, 2.05) is 11.7 Å². The normalized spacial score (nSPS) is 10.9. The molecule has 2 aromatic rings. The van der Waals surface area contributed by atoms with Crippen molar-refractivity contribution >= 4 is 0 Å². The molecule has 0 aliphatic rings. The second-order valence-corrected chi connectivity index (χ2v) is 4.00. The van der Waals surface area contributed by atoms with Crippen molar-refractivity contribution in [2.24, 2.45) is 12.8 Å². The Bertz CT molecular complexity index is 467. The van der Waals surface area contributed by atoms with Crippen molar-refractivity contribution in [3.8, 4) is 0 Å². The predicted molar refractivity (Wildman–Crippen MR) is 64.0 cm³/mol. The minimum Gasteiger partial charge on any atom is -0.348 e. The molecule has 0 aliphatic heterocycles. The molecular formula is C12H18N4. The number of aromatic nitrogens is 3. The third-order valence-corrected chi connectivity index (χ3v) is 2.78. The van der Waals surface area contributed by atoms with Crippen LogP contribution in [0.1, 0.15) is 23.9 Å². The van der Waals surface area contributed by atoms with Crippen molar-refractivity contribution < 1.29 is 0 Å². The van der Waals surface area contributed by atoms with Crippen LogP contribution >= 0.6 is 0 Å². The quantitative estimate of drug-likeness (QED) is 0.840. The predicted octanol–water partition coefficient (Wildman–Crippen LogP) is 1.29. The van der Waals surface area contributed by atoms with Crippen LogP contribution in [0.3, 0.4) is 0 Å². The highest BCUT2D eigenvalue weighted by Gasteiger charge is 2.04. The average Bonchev–Trinajstić information content (AvgIpc) is 2.87. The van der Waals surface area contributed by atoms with Crippen LogP contribution in [-0.4, -0.2) is 14.3 Å². The summed E-state index contributed by atoms with van der Waals surface area (Å²) < 4.78 is 4.08. The maximum atomic E-state index is 5.58. The Hall–Kier alpha value is -1.55. The van der Waals surface area contributed by atoms with E-state index >= 15 is 0 Å². The summed E-state index contributed by atoms with van der Waals surface area (Å²) in [5.74, 6) is 0. The average molecular weight is 218 g/mol. The Morgan fingerprint density at radius 3 is 2.81 bits per heavy atom. The van der Waals surface area contributed by atoms with E-state index in [9.17, 15) is 0 Å². The fourth-order valence-corrected chi connectivity index (χ4v) is 1.79. The van der Waals surface area contributed by atoms with Crippen LogP contribution < -0.4 is 5.73 Å². The van der Waals surface area contributed by atoms with Crippen molar-refractivity contribution in [3.05, 3.63) is 41.5 Å². The lowest BCUT2D eigenvalue weighted by molar-refractivity contribution is 0.661. The van der Waals surface area contributed by atoms with Gasteiger partial charge in [0.05, 0.1) is 17.9 Å². The van der Waals surface area contributed by atoms with Gasteiger partial charge in [-0.25, -0.2) is 0 Å². The number of rotatable bonds is 4. The third-order valence-electron chi connectivity index (χ3n) is 2.78. The molecule has 4 heteroatoms. The van der Waals surface area contributed by atoms with E-state index in [0.717, 1.165) is 24.2 Å². The van der Waals surface area contributed by atoms with Crippen LogP contribution in [0, 0.1) is 0 Å². The number of aryl methyl sites for hydroxylation is 2. The van der Waals surface area contributed by atoms with Gasteiger partial charge in [-0.05, 0) is 24.1 Å². The molecule has 0 aliphatic carbocycles. The van der Waals surface area contributed by atoms with Crippen LogP contribution in [0.5, 0.6) is 0 Å². The monoisotopic (exact) mass is 218 g/mol. The van der Waals surface area contributed by atoms with Crippen LogP contribution in [0.25, 0.3) is 0 Å². The molecule has 86 valence electrons. The van der Waals surface area contributed by atoms with Gasteiger partial charge in [0.25, 0.3) is 0 Å². The lowest BCUT2D eigenvalue weighted by atomic mass is 10.3. The van der Waals surface area contributed by atoms with E-state index in [1.165, 1.54) is 5.69 Å². The largest absolute Gasteiger partial charge is 0.348 e. The van der Waals surface area contributed by atoms with Crippen molar-refractivity contribution in [2.45, 2.75) is 26.4 Å². The van der Waals surface area contributed by atoms with Gasteiger partial charge in [0.15, 0.2) is 0 Å². The lowest BCUT2D eigenvalue weighted by Gasteiger charge is -2.02. The minimum atomic E-state index is 0.596. The first kappa shape index (κ1) is 11.0. The molecule has 0 bridgehead atoms. The molecule has 0 saturated carbocycles. The first-order valence-corrected chi connectivity index (χ1v) is 5.59. The number of hydrogen-bond donors (Lipinski definition) is 1. The summed E-state index contributed by atoms with van der Waals surface area (Å²) in [5, 5.41) is 4.43. The highest BCUT2D eigenvalue weighted by molar-refractivity contribution is 5.14. The van der Waals surface area contributed by atoms with Gasteiger partial charge in [0.1, 0.15) is 0 Å². The molecule has 2 N–H and O–H groups in total. The minimum absolute atomic E-state index is 0.596. The molecule has 0 saturated heterocycles. The topological polar surface area (TPSA) is 48.8 Å². The molecule has 16 heavy (non-hydrogen) atoms. The molecule has 0 atom stereocenters. The third kappa shape index (κ3) is 2.17. The Labute approximate surface area is 95.7 Å². The zero-order valence-corrected chi connectivity index (χ0v) is 9.85. The zero-order chi connectivity index (χ0) is 11.5. The van der Waals surface area contributed by atoms with Crippen LogP contribution in [0.4, 0.5) is 0 Å². The Morgan fingerprint density at radius 2 is 2.25 bits per heavy atom. The van der Waals surface area contributed by atoms with E-state index < -0.39 is 0 Å².